The van der Waals surface area contributed by atoms with E-state index in [2.05, 4.69) is 31.2 Å². The Bertz CT molecular complexity index is 584. The fourth-order valence-electron chi connectivity index (χ4n) is 1.41. The Hall–Kier alpha value is -1.76. The lowest BCUT2D eigenvalue weighted by molar-refractivity contribution is 0.581. The van der Waals surface area contributed by atoms with Gasteiger partial charge >= 0.3 is 0 Å². The average Bonchev–Trinajstić information content (AvgIpc) is 2.24. The molecule has 0 aliphatic carbocycles. The van der Waals surface area contributed by atoms with Crippen molar-refractivity contribution in [2.45, 2.75) is 6.92 Å². The van der Waals surface area contributed by atoms with Crippen molar-refractivity contribution in [3.8, 4) is 0 Å². The minimum absolute atomic E-state index is 0.0979. The number of nitrogen functional groups attached to an aromatic ring is 1. The zero-order chi connectivity index (χ0) is 13.3. The van der Waals surface area contributed by atoms with Gasteiger partial charge in [0.05, 0.1) is 10.2 Å². The second-order valence-corrected chi connectivity index (χ2v) is 4.45. The van der Waals surface area contributed by atoms with Crippen LogP contribution in [0.15, 0.2) is 22.7 Å². The first-order chi connectivity index (χ1) is 8.45. The number of aryl methyl sites for hydroxylation is 1. The summed E-state index contributed by atoms with van der Waals surface area (Å²) in [5.74, 6) is -0.315. The highest BCUT2D eigenvalue weighted by molar-refractivity contribution is 9.10. The van der Waals surface area contributed by atoms with E-state index < -0.39 is 11.6 Å². The van der Waals surface area contributed by atoms with Crippen molar-refractivity contribution in [3.63, 3.8) is 0 Å². The molecule has 0 unspecified atom stereocenters. The molecule has 1 aromatic carbocycles. The predicted octanol–water partition coefficient (Wildman–Crippen LogP) is 3.15. The number of rotatable bonds is 2. The zero-order valence-corrected chi connectivity index (χ0v) is 10.9. The van der Waals surface area contributed by atoms with Crippen LogP contribution in [0.3, 0.4) is 0 Å². The summed E-state index contributed by atoms with van der Waals surface area (Å²) in [7, 11) is 0. The topological polar surface area (TPSA) is 63.8 Å². The fraction of sp³-hybridized carbons (Fsp3) is 0.0909. The zero-order valence-electron chi connectivity index (χ0n) is 9.34. The maximum Gasteiger partial charge on any atom is 0.149 e. The van der Waals surface area contributed by atoms with Gasteiger partial charge in [0.1, 0.15) is 29.1 Å². The molecule has 7 heteroatoms. The molecule has 1 aromatic heterocycles. The van der Waals surface area contributed by atoms with Crippen molar-refractivity contribution in [3.05, 3.63) is 40.1 Å². The summed E-state index contributed by atoms with van der Waals surface area (Å²) >= 11 is 2.98. The van der Waals surface area contributed by atoms with E-state index in [9.17, 15) is 8.78 Å². The highest BCUT2D eigenvalue weighted by atomic mass is 79.9. The van der Waals surface area contributed by atoms with E-state index in [1.165, 1.54) is 12.1 Å². The molecule has 0 aliphatic rings. The fourth-order valence-corrected chi connectivity index (χ4v) is 1.75. The Labute approximate surface area is 110 Å². The molecule has 0 amide bonds. The molecule has 18 heavy (non-hydrogen) atoms. The van der Waals surface area contributed by atoms with Crippen LogP contribution in [-0.4, -0.2) is 9.97 Å². The Morgan fingerprint density at radius 1 is 1.17 bits per heavy atom. The Kier molecular flexibility index (Phi) is 3.42. The molecule has 0 spiro atoms. The molecule has 4 nitrogen and oxygen atoms in total. The summed E-state index contributed by atoms with van der Waals surface area (Å²) in [5, 5.41) is 2.72. The lowest BCUT2D eigenvalue weighted by Gasteiger charge is -2.09. The minimum atomic E-state index is -0.717. The van der Waals surface area contributed by atoms with Crippen molar-refractivity contribution >= 4 is 33.3 Å². The second-order valence-electron chi connectivity index (χ2n) is 3.60. The number of halogens is 3. The third kappa shape index (κ3) is 2.73. The van der Waals surface area contributed by atoms with Gasteiger partial charge in [-0.2, -0.15) is 0 Å². The number of hydrogen-bond acceptors (Lipinski definition) is 4. The summed E-state index contributed by atoms with van der Waals surface area (Å²) in [5.41, 5.74) is 5.65. The van der Waals surface area contributed by atoms with Gasteiger partial charge in [-0.25, -0.2) is 18.7 Å². The first-order valence-electron chi connectivity index (χ1n) is 4.98. The first-order valence-corrected chi connectivity index (χ1v) is 5.78. The maximum absolute atomic E-state index is 13.5. The quantitative estimate of drug-likeness (QED) is 0.836. The average molecular weight is 315 g/mol. The highest BCUT2D eigenvalue weighted by Gasteiger charge is 2.09. The van der Waals surface area contributed by atoms with E-state index in [1.807, 2.05) is 0 Å². The lowest BCUT2D eigenvalue weighted by Crippen LogP contribution is -2.02. The van der Waals surface area contributed by atoms with Gasteiger partial charge in [0.2, 0.25) is 0 Å². The Morgan fingerprint density at radius 3 is 2.56 bits per heavy atom. The summed E-state index contributed by atoms with van der Waals surface area (Å²) < 4.78 is 26.7. The number of nitrogens with one attached hydrogen (secondary N) is 1. The monoisotopic (exact) mass is 314 g/mol. The van der Waals surface area contributed by atoms with Gasteiger partial charge in [0.25, 0.3) is 0 Å². The summed E-state index contributed by atoms with van der Waals surface area (Å²) in [6, 6.07) is 3.53. The molecule has 0 bridgehead atoms. The molecule has 0 saturated carbocycles. The van der Waals surface area contributed by atoms with E-state index in [4.69, 9.17) is 5.73 Å². The van der Waals surface area contributed by atoms with Crippen LogP contribution in [0.2, 0.25) is 0 Å². The Morgan fingerprint density at radius 2 is 1.89 bits per heavy atom. The molecular weight excluding hydrogens is 306 g/mol. The Balaban J connectivity index is 2.36. The molecule has 2 aromatic rings. The summed E-state index contributed by atoms with van der Waals surface area (Å²) in [6.07, 6.45) is 0. The number of nitrogens with zero attached hydrogens (tertiary/aromatic N) is 2. The van der Waals surface area contributed by atoms with Crippen LogP contribution in [0.5, 0.6) is 0 Å². The normalized spacial score (nSPS) is 10.4. The van der Waals surface area contributed by atoms with E-state index >= 15 is 0 Å². The van der Waals surface area contributed by atoms with Crippen molar-refractivity contribution < 1.29 is 8.78 Å². The molecule has 0 aliphatic heterocycles. The maximum atomic E-state index is 13.5. The third-order valence-electron chi connectivity index (χ3n) is 2.13. The van der Waals surface area contributed by atoms with E-state index in [-0.39, 0.29) is 16.0 Å². The molecule has 1 heterocycles. The predicted molar refractivity (Wildman–Crippen MR) is 68.5 cm³/mol. The van der Waals surface area contributed by atoms with Gasteiger partial charge in [-0.3, -0.25) is 0 Å². The lowest BCUT2D eigenvalue weighted by atomic mass is 10.3. The van der Waals surface area contributed by atoms with Crippen LogP contribution >= 0.6 is 15.9 Å². The van der Waals surface area contributed by atoms with Crippen LogP contribution in [0.25, 0.3) is 0 Å². The molecular formula is C11H9BrF2N4. The molecule has 0 saturated heterocycles. The molecule has 0 atom stereocenters. The standard InChI is InChI=1S/C11H9BrF2N4/c1-5-16-10(15)4-11(17-5)18-9-2-6(12)7(13)3-8(9)14/h2-4H,1H3,(H3,15,16,17,18). The number of benzene rings is 1. The van der Waals surface area contributed by atoms with Crippen molar-refractivity contribution in [2.24, 2.45) is 0 Å². The number of hydrogen-bond donors (Lipinski definition) is 2. The van der Waals surface area contributed by atoms with Crippen LogP contribution in [0.4, 0.5) is 26.1 Å². The van der Waals surface area contributed by atoms with Gasteiger partial charge in [-0.15, -0.1) is 0 Å². The SMILES string of the molecule is Cc1nc(N)cc(Nc2cc(Br)c(F)cc2F)n1. The largest absolute Gasteiger partial charge is 0.384 e. The second kappa shape index (κ2) is 4.85. The minimum Gasteiger partial charge on any atom is -0.384 e. The van der Waals surface area contributed by atoms with Gasteiger partial charge in [0, 0.05) is 12.1 Å². The molecule has 2 rings (SSSR count). The van der Waals surface area contributed by atoms with Gasteiger partial charge in [0.15, 0.2) is 0 Å². The van der Waals surface area contributed by atoms with Crippen LogP contribution < -0.4 is 11.1 Å². The van der Waals surface area contributed by atoms with Gasteiger partial charge in [-0.1, -0.05) is 0 Å². The van der Waals surface area contributed by atoms with Crippen molar-refractivity contribution in [1.29, 1.82) is 0 Å². The summed E-state index contributed by atoms with van der Waals surface area (Å²) in [6.45, 7) is 1.67. The number of aromatic nitrogens is 2. The number of nitrogens with two attached hydrogens (primary N) is 1. The van der Waals surface area contributed by atoms with Crippen LogP contribution in [0.1, 0.15) is 5.82 Å². The van der Waals surface area contributed by atoms with Crippen LogP contribution in [-0.2, 0) is 0 Å². The van der Waals surface area contributed by atoms with E-state index in [1.54, 1.807) is 6.92 Å². The first kappa shape index (κ1) is 12.7. The van der Waals surface area contributed by atoms with Gasteiger partial charge < -0.3 is 11.1 Å². The van der Waals surface area contributed by atoms with Crippen molar-refractivity contribution in [2.75, 3.05) is 11.1 Å². The van der Waals surface area contributed by atoms with E-state index in [0.717, 1.165) is 6.07 Å². The summed E-state index contributed by atoms with van der Waals surface area (Å²) in [4.78, 5) is 7.94. The molecule has 0 fully saturated rings. The molecule has 94 valence electrons. The molecule has 3 N–H and O–H groups in total. The highest BCUT2D eigenvalue weighted by Crippen LogP contribution is 2.26. The van der Waals surface area contributed by atoms with Crippen LogP contribution in [0, 0.1) is 18.6 Å². The van der Waals surface area contributed by atoms with E-state index in [0.29, 0.717) is 11.6 Å². The number of anilines is 3. The van der Waals surface area contributed by atoms with Gasteiger partial charge in [-0.05, 0) is 28.9 Å². The van der Waals surface area contributed by atoms with Crippen molar-refractivity contribution in [1.82, 2.24) is 9.97 Å². The smallest absolute Gasteiger partial charge is 0.149 e. The third-order valence-corrected chi connectivity index (χ3v) is 2.74. The molecule has 0 radical (unpaired) electrons.